The Bertz CT molecular complexity index is 909. The van der Waals surface area contributed by atoms with Crippen LogP contribution in [-0.2, 0) is 26.5 Å². The molecule has 5 nitrogen and oxygen atoms in total. The fraction of sp³-hybridized carbons (Fsp3) is 0.208. The van der Waals surface area contributed by atoms with E-state index in [4.69, 9.17) is 14.2 Å². The van der Waals surface area contributed by atoms with E-state index in [2.05, 4.69) is 0 Å². The zero-order chi connectivity index (χ0) is 20.7. The third-order valence-corrected chi connectivity index (χ3v) is 4.82. The molecule has 0 aliphatic heterocycles. The Morgan fingerprint density at radius 2 is 1.48 bits per heavy atom. The average molecular weight is 392 g/mol. The maximum atomic E-state index is 13.1. The molecular weight excluding hydrogens is 368 g/mol. The van der Waals surface area contributed by atoms with Crippen molar-refractivity contribution in [3.63, 3.8) is 0 Å². The largest absolute Gasteiger partial charge is 0.497 e. The predicted molar refractivity (Wildman–Crippen MR) is 109 cm³/mol. The van der Waals surface area contributed by atoms with Crippen molar-refractivity contribution in [1.82, 2.24) is 0 Å². The van der Waals surface area contributed by atoms with Gasteiger partial charge in [-0.05, 0) is 28.8 Å². The molecule has 0 fully saturated rings. The Morgan fingerprint density at radius 3 is 2.03 bits per heavy atom. The smallest absolute Gasteiger partial charge is 0.346 e. The van der Waals surface area contributed by atoms with Crippen molar-refractivity contribution < 1.29 is 24.1 Å². The predicted octanol–water partition coefficient (Wildman–Crippen LogP) is 4.01. The van der Waals surface area contributed by atoms with Crippen LogP contribution >= 0.6 is 0 Å². The molecule has 0 aromatic heterocycles. The molecule has 1 N–H and O–H groups in total. The van der Waals surface area contributed by atoms with Gasteiger partial charge in [0.05, 0.1) is 20.8 Å². The summed E-state index contributed by atoms with van der Waals surface area (Å²) in [4.78, 5) is 13.1. The third kappa shape index (κ3) is 4.31. The van der Waals surface area contributed by atoms with E-state index in [1.165, 1.54) is 7.11 Å². The minimum atomic E-state index is -1.74. The second kappa shape index (κ2) is 9.37. The molecule has 0 aliphatic rings. The summed E-state index contributed by atoms with van der Waals surface area (Å²) in [6.45, 7) is 0.123. The molecular formula is C24H24O5. The fourth-order valence-corrected chi connectivity index (χ4v) is 3.24. The minimum absolute atomic E-state index is 0.123. The summed E-state index contributed by atoms with van der Waals surface area (Å²) in [6, 6.07) is 25.2. The molecule has 3 aromatic rings. The summed E-state index contributed by atoms with van der Waals surface area (Å²) in [5, 5.41) is 11.4. The third-order valence-electron chi connectivity index (χ3n) is 4.82. The fourth-order valence-electron chi connectivity index (χ4n) is 3.24. The molecule has 0 bridgehead atoms. The zero-order valence-electron chi connectivity index (χ0n) is 16.4. The topological polar surface area (TPSA) is 65.0 Å². The summed E-state index contributed by atoms with van der Waals surface area (Å²) >= 11 is 0. The van der Waals surface area contributed by atoms with Gasteiger partial charge in [0.1, 0.15) is 11.9 Å². The maximum Gasteiger partial charge on any atom is 0.346 e. The highest BCUT2D eigenvalue weighted by Gasteiger charge is 2.50. The first-order valence-electron chi connectivity index (χ1n) is 9.25. The number of hydrogen-bond donors (Lipinski definition) is 1. The van der Waals surface area contributed by atoms with Crippen LogP contribution < -0.4 is 4.74 Å². The molecule has 150 valence electrons. The number of rotatable bonds is 8. The lowest BCUT2D eigenvalue weighted by Gasteiger charge is -2.36. The van der Waals surface area contributed by atoms with Crippen LogP contribution in [-0.4, -0.2) is 25.3 Å². The number of benzene rings is 3. The van der Waals surface area contributed by atoms with Crippen molar-refractivity contribution in [2.45, 2.75) is 18.3 Å². The number of esters is 1. The lowest BCUT2D eigenvalue weighted by atomic mass is 9.84. The molecule has 0 heterocycles. The molecule has 0 aliphatic carbocycles. The van der Waals surface area contributed by atoms with E-state index >= 15 is 0 Å². The number of aliphatic hydroxyl groups is 1. The molecule has 3 rings (SSSR count). The maximum absolute atomic E-state index is 13.1. The van der Waals surface area contributed by atoms with Crippen LogP contribution in [0.3, 0.4) is 0 Å². The molecule has 5 heteroatoms. The van der Waals surface area contributed by atoms with Gasteiger partial charge < -0.3 is 19.3 Å². The molecule has 0 unspecified atom stereocenters. The van der Waals surface area contributed by atoms with Crippen LogP contribution in [0.4, 0.5) is 0 Å². The lowest BCUT2D eigenvalue weighted by Crippen LogP contribution is -2.45. The lowest BCUT2D eigenvalue weighted by molar-refractivity contribution is -0.194. The van der Waals surface area contributed by atoms with Gasteiger partial charge in [0.15, 0.2) is 0 Å². The van der Waals surface area contributed by atoms with Crippen LogP contribution in [0.5, 0.6) is 5.75 Å². The molecule has 29 heavy (non-hydrogen) atoms. The van der Waals surface area contributed by atoms with E-state index in [1.807, 2.05) is 36.4 Å². The zero-order valence-corrected chi connectivity index (χ0v) is 16.4. The van der Waals surface area contributed by atoms with Crippen LogP contribution in [0.1, 0.15) is 22.8 Å². The van der Waals surface area contributed by atoms with Gasteiger partial charge >= 0.3 is 5.97 Å². The molecule has 0 radical (unpaired) electrons. The molecule has 0 saturated carbocycles. The van der Waals surface area contributed by atoms with E-state index in [9.17, 15) is 9.90 Å². The van der Waals surface area contributed by atoms with Gasteiger partial charge in [0, 0.05) is 0 Å². The first kappa shape index (κ1) is 20.6. The summed E-state index contributed by atoms with van der Waals surface area (Å²) in [5.74, 6) is -0.0301. The van der Waals surface area contributed by atoms with Crippen LogP contribution in [0.2, 0.25) is 0 Å². The van der Waals surface area contributed by atoms with E-state index in [0.29, 0.717) is 16.9 Å². The van der Waals surface area contributed by atoms with Gasteiger partial charge in [-0.1, -0.05) is 72.8 Å². The van der Waals surface area contributed by atoms with Crippen molar-refractivity contribution >= 4 is 5.97 Å². The van der Waals surface area contributed by atoms with E-state index in [1.54, 1.807) is 55.6 Å². The Morgan fingerprint density at radius 1 is 0.897 bits per heavy atom. The van der Waals surface area contributed by atoms with Gasteiger partial charge in [-0.15, -0.1) is 0 Å². The van der Waals surface area contributed by atoms with E-state index in [-0.39, 0.29) is 6.61 Å². The van der Waals surface area contributed by atoms with Crippen molar-refractivity contribution in [3.05, 3.63) is 102 Å². The number of aliphatic hydroxyl groups excluding tert-OH is 1. The van der Waals surface area contributed by atoms with Crippen LogP contribution in [0, 0.1) is 0 Å². The summed E-state index contributed by atoms with van der Waals surface area (Å²) in [5.41, 5.74) is 0.151. The van der Waals surface area contributed by atoms with Gasteiger partial charge in [-0.25, -0.2) is 4.79 Å². The number of hydrogen-bond acceptors (Lipinski definition) is 5. The van der Waals surface area contributed by atoms with Crippen molar-refractivity contribution in [2.24, 2.45) is 0 Å². The Labute approximate surface area is 170 Å². The quantitative estimate of drug-likeness (QED) is 0.587. The highest BCUT2D eigenvalue weighted by atomic mass is 16.6. The van der Waals surface area contributed by atoms with Crippen LogP contribution in [0.25, 0.3) is 0 Å². The minimum Gasteiger partial charge on any atom is -0.497 e. The number of ether oxygens (including phenoxy) is 3. The van der Waals surface area contributed by atoms with Gasteiger partial charge in [-0.2, -0.15) is 0 Å². The van der Waals surface area contributed by atoms with Crippen molar-refractivity contribution in [3.8, 4) is 5.75 Å². The Balaban J connectivity index is 2.07. The molecule has 0 amide bonds. The van der Waals surface area contributed by atoms with Gasteiger partial charge in [0.2, 0.25) is 5.60 Å². The number of carbonyl (C=O) groups excluding carboxylic acids is 1. The summed E-state index contributed by atoms with van der Waals surface area (Å²) in [7, 11) is 2.85. The average Bonchev–Trinajstić information content (AvgIpc) is 2.80. The summed E-state index contributed by atoms with van der Waals surface area (Å²) in [6.07, 6.45) is -1.30. The molecule has 0 saturated heterocycles. The standard InChI is InChI=1S/C24H24O5/c1-27-21-15-13-19(14-16-21)22(25)24(23(26)28-2,20-11-7-4-8-12-20)29-17-18-9-5-3-6-10-18/h3-16,22,25H,17H2,1-2H3/t22-,24-/m0/s1. The molecule has 2 atom stereocenters. The van der Waals surface area contributed by atoms with Crippen LogP contribution in [0.15, 0.2) is 84.9 Å². The van der Waals surface area contributed by atoms with Crippen molar-refractivity contribution in [2.75, 3.05) is 14.2 Å². The first-order valence-corrected chi connectivity index (χ1v) is 9.25. The van der Waals surface area contributed by atoms with E-state index in [0.717, 1.165) is 5.56 Å². The Hall–Kier alpha value is -3.15. The SMILES string of the molecule is COC(=O)[C@](OCc1ccccc1)(c1ccccc1)[C@@H](O)c1ccc(OC)cc1. The molecule has 0 spiro atoms. The second-order valence-corrected chi connectivity index (χ2v) is 6.54. The van der Waals surface area contributed by atoms with Crippen molar-refractivity contribution in [1.29, 1.82) is 0 Å². The first-order chi connectivity index (χ1) is 14.1. The normalized spacial score (nSPS) is 13.9. The number of carbonyl (C=O) groups is 1. The van der Waals surface area contributed by atoms with E-state index < -0.39 is 17.7 Å². The highest BCUT2D eigenvalue weighted by Crippen LogP contribution is 2.41. The second-order valence-electron chi connectivity index (χ2n) is 6.54. The summed E-state index contributed by atoms with van der Waals surface area (Å²) < 4.78 is 16.5. The monoisotopic (exact) mass is 392 g/mol. The van der Waals surface area contributed by atoms with Gasteiger partial charge in [0.25, 0.3) is 0 Å². The number of methoxy groups -OCH3 is 2. The Kier molecular flexibility index (Phi) is 6.65. The molecule has 3 aromatic carbocycles. The highest BCUT2D eigenvalue weighted by molar-refractivity contribution is 5.82. The van der Waals surface area contributed by atoms with Gasteiger partial charge in [-0.3, -0.25) is 0 Å².